The van der Waals surface area contributed by atoms with Crippen LogP contribution in [-0.4, -0.2) is 6.43 Å². The molecule has 86 valence electrons. The lowest BCUT2D eigenvalue weighted by Gasteiger charge is -2.31. The standard InChI is InChI=1S/C12H24F2/c1-8(2)9(3)10(11(13)14)7-12(4,5)6/h8-11H,7H2,1-6H3. The van der Waals surface area contributed by atoms with E-state index in [-0.39, 0.29) is 11.3 Å². The summed E-state index contributed by atoms with van der Waals surface area (Å²) in [6.45, 7) is 12.0. The Morgan fingerprint density at radius 3 is 1.64 bits per heavy atom. The monoisotopic (exact) mass is 206 g/mol. The third-order valence-electron chi connectivity index (χ3n) is 2.90. The fraction of sp³-hybridized carbons (Fsp3) is 1.00. The molecule has 0 saturated heterocycles. The van der Waals surface area contributed by atoms with Crippen molar-refractivity contribution in [2.45, 2.75) is 54.4 Å². The van der Waals surface area contributed by atoms with E-state index in [9.17, 15) is 8.78 Å². The third kappa shape index (κ3) is 4.92. The van der Waals surface area contributed by atoms with Crippen LogP contribution in [0.1, 0.15) is 48.0 Å². The van der Waals surface area contributed by atoms with Gasteiger partial charge in [-0.05, 0) is 23.7 Å². The van der Waals surface area contributed by atoms with Gasteiger partial charge in [0, 0.05) is 5.92 Å². The Morgan fingerprint density at radius 2 is 1.43 bits per heavy atom. The average molecular weight is 206 g/mol. The summed E-state index contributed by atoms with van der Waals surface area (Å²) in [4.78, 5) is 0. The minimum Gasteiger partial charge on any atom is -0.210 e. The van der Waals surface area contributed by atoms with E-state index in [1.807, 2.05) is 41.5 Å². The molecular weight excluding hydrogens is 182 g/mol. The van der Waals surface area contributed by atoms with E-state index in [0.29, 0.717) is 12.3 Å². The smallest absolute Gasteiger partial charge is 0.210 e. The van der Waals surface area contributed by atoms with E-state index in [1.165, 1.54) is 0 Å². The maximum Gasteiger partial charge on any atom is 0.241 e. The zero-order valence-corrected chi connectivity index (χ0v) is 10.3. The van der Waals surface area contributed by atoms with Gasteiger partial charge in [-0.1, -0.05) is 41.5 Å². The molecule has 2 atom stereocenters. The molecule has 0 aromatic rings. The van der Waals surface area contributed by atoms with Gasteiger partial charge in [0.15, 0.2) is 0 Å². The van der Waals surface area contributed by atoms with Crippen molar-refractivity contribution in [2.75, 3.05) is 0 Å². The van der Waals surface area contributed by atoms with Gasteiger partial charge in [0.2, 0.25) is 6.43 Å². The zero-order chi connectivity index (χ0) is 11.5. The summed E-state index contributed by atoms with van der Waals surface area (Å²) >= 11 is 0. The highest BCUT2D eigenvalue weighted by atomic mass is 19.3. The first-order chi connectivity index (χ1) is 6.15. The molecule has 0 fully saturated rings. The Balaban J connectivity index is 4.45. The fourth-order valence-corrected chi connectivity index (χ4v) is 1.71. The van der Waals surface area contributed by atoms with Crippen LogP contribution in [0.2, 0.25) is 0 Å². The van der Waals surface area contributed by atoms with Crippen LogP contribution in [0.5, 0.6) is 0 Å². The Labute approximate surface area is 87.1 Å². The molecule has 0 spiro atoms. The van der Waals surface area contributed by atoms with Gasteiger partial charge in [0.25, 0.3) is 0 Å². The van der Waals surface area contributed by atoms with Gasteiger partial charge in [0.05, 0.1) is 0 Å². The normalized spacial score (nSPS) is 17.6. The van der Waals surface area contributed by atoms with Gasteiger partial charge in [-0.2, -0.15) is 0 Å². The van der Waals surface area contributed by atoms with Crippen LogP contribution >= 0.6 is 0 Å². The molecule has 2 unspecified atom stereocenters. The minimum atomic E-state index is -2.19. The first-order valence-corrected chi connectivity index (χ1v) is 5.43. The Kier molecular flexibility index (Phi) is 5.03. The fourth-order valence-electron chi connectivity index (χ4n) is 1.71. The molecule has 0 nitrogen and oxygen atoms in total. The lowest BCUT2D eigenvalue weighted by atomic mass is 9.75. The predicted molar refractivity (Wildman–Crippen MR) is 57.6 cm³/mol. The van der Waals surface area contributed by atoms with Gasteiger partial charge >= 0.3 is 0 Å². The molecule has 0 bridgehead atoms. The summed E-state index contributed by atoms with van der Waals surface area (Å²) in [5.74, 6) is -0.0411. The Morgan fingerprint density at radius 1 is 1.00 bits per heavy atom. The van der Waals surface area contributed by atoms with E-state index in [1.54, 1.807) is 0 Å². The largest absolute Gasteiger partial charge is 0.241 e. The first kappa shape index (κ1) is 13.9. The van der Waals surface area contributed by atoms with E-state index >= 15 is 0 Å². The number of hydrogen-bond donors (Lipinski definition) is 0. The van der Waals surface area contributed by atoms with Gasteiger partial charge in [-0.15, -0.1) is 0 Å². The molecule has 0 saturated carbocycles. The van der Waals surface area contributed by atoms with Crippen molar-refractivity contribution in [1.82, 2.24) is 0 Å². The van der Waals surface area contributed by atoms with Crippen LogP contribution < -0.4 is 0 Å². The minimum absolute atomic E-state index is 0.00968. The molecule has 0 radical (unpaired) electrons. The average Bonchev–Trinajstić information content (AvgIpc) is 1.96. The molecule has 0 amide bonds. The van der Waals surface area contributed by atoms with Crippen LogP contribution in [-0.2, 0) is 0 Å². The van der Waals surface area contributed by atoms with E-state index < -0.39 is 12.3 Å². The molecular formula is C12H24F2. The molecule has 0 heterocycles. The number of hydrogen-bond acceptors (Lipinski definition) is 0. The molecule has 0 N–H and O–H groups in total. The second-order valence-corrected chi connectivity index (χ2v) is 5.87. The van der Waals surface area contributed by atoms with Crippen molar-refractivity contribution in [3.63, 3.8) is 0 Å². The van der Waals surface area contributed by atoms with Crippen molar-refractivity contribution >= 4 is 0 Å². The predicted octanol–water partition coefficient (Wildman–Crippen LogP) is 4.60. The van der Waals surface area contributed by atoms with Gasteiger partial charge < -0.3 is 0 Å². The molecule has 0 aliphatic carbocycles. The summed E-state index contributed by atoms with van der Waals surface area (Å²) in [5.41, 5.74) is -0.00968. The molecule has 0 aromatic heterocycles. The van der Waals surface area contributed by atoms with E-state index in [4.69, 9.17) is 0 Å². The first-order valence-electron chi connectivity index (χ1n) is 5.43. The van der Waals surface area contributed by atoms with Gasteiger partial charge in [-0.3, -0.25) is 0 Å². The summed E-state index contributed by atoms with van der Waals surface area (Å²) in [7, 11) is 0. The summed E-state index contributed by atoms with van der Waals surface area (Å²) in [5, 5.41) is 0. The highest BCUT2D eigenvalue weighted by Crippen LogP contribution is 2.35. The van der Waals surface area contributed by atoms with Gasteiger partial charge in [0.1, 0.15) is 0 Å². The quantitative estimate of drug-likeness (QED) is 0.630. The Bertz CT molecular complexity index is 156. The van der Waals surface area contributed by atoms with Crippen molar-refractivity contribution in [3.8, 4) is 0 Å². The van der Waals surface area contributed by atoms with E-state index in [2.05, 4.69) is 0 Å². The van der Waals surface area contributed by atoms with Crippen LogP contribution in [0.25, 0.3) is 0 Å². The highest BCUT2D eigenvalue weighted by molar-refractivity contribution is 4.76. The van der Waals surface area contributed by atoms with Crippen LogP contribution in [0.4, 0.5) is 8.78 Å². The maximum absolute atomic E-state index is 12.8. The zero-order valence-electron chi connectivity index (χ0n) is 10.3. The van der Waals surface area contributed by atoms with Gasteiger partial charge in [-0.25, -0.2) is 8.78 Å². The number of rotatable bonds is 4. The lowest BCUT2D eigenvalue weighted by molar-refractivity contribution is 0.0115. The van der Waals surface area contributed by atoms with Crippen molar-refractivity contribution < 1.29 is 8.78 Å². The number of alkyl halides is 2. The topological polar surface area (TPSA) is 0 Å². The third-order valence-corrected chi connectivity index (χ3v) is 2.90. The SMILES string of the molecule is CC(C)C(C)C(CC(C)(C)C)C(F)F. The van der Waals surface area contributed by atoms with Crippen molar-refractivity contribution in [1.29, 1.82) is 0 Å². The molecule has 14 heavy (non-hydrogen) atoms. The van der Waals surface area contributed by atoms with Crippen molar-refractivity contribution in [2.24, 2.45) is 23.2 Å². The molecule has 0 rings (SSSR count). The second kappa shape index (κ2) is 5.09. The molecule has 0 aliphatic heterocycles. The summed E-state index contributed by atoms with van der Waals surface area (Å²) in [6, 6.07) is 0. The molecule has 0 aromatic carbocycles. The van der Waals surface area contributed by atoms with E-state index in [0.717, 1.165) is 0 Å². The summed E-state index contributed by atoms with van der Waals surface area (Å²) in [6.07, 6.45) is -1.59. The number of halogens is 2. The maximum atomic E-state index is 12.8. The van der Waals surface area contributed by atoms with Crippen molar-refractivity contribution in [3.05, 3.63) is 0 Å². The lowest BCUT2D eigenvalue weighted by Crippen LogP contribution is -2.28. The van der Waals surface area contributed by atoms with Crippen LogP contribution in [0, 0.1) is 23.2 Å². The van der Waals surface area contributed by atoms with Crippen LogP contribution in [0.15, 0.2) is 0 Å². The second-order valence-electron chi connectivity index (χ2n) is 5.87. The van der Waals surface area contributed by atoms with Crippen LogP contribution in [0.3, 0.4) is 0 Å². The Hall–Kier alpha value is -0.140. The molecule has 2 heteroatoms. The summed E-state index contributed by atoms with van der Waals surface area (Å²) < 4.78 is 25.7. The molecule has 0 aliphatic rings. The highest BCUT2D eigenvalue weighted by Gasteiger charge is 2.32.